The molecule has 0 aromatic heterocycles. The molecule has 0 spiro atoms. The van der Waals surface area contributed by atoms with Gasteiger partial charge in [-0.25, -0.2) is 4.79 Å². The van der Waals surface area contributed by atoms with E-state index in [1.807, 2.05) is 9.80 Å². The summed E-state index contributed by atoms with van der Waals surface area (Å²) in [6, 6.07) is 7.16. The second kappa shape index (κ2) is 10.8. The van der Waals surface area contributed by atoms with Crippen LogP contribution < -0.4 is 4.90 Å². The van der Waals surface area contributed by atoms with Gasteiger partial charge in [-0.1, -0.05) is 6.07 Å². The molecule has 1 aromatic carbocycles. The number of carboxylic acids is 1. The molecule has 0 bridgehead atoms. The summed E-state index contributed by atoms with van der Waals surface area (Å²) in [5, 5.41) is 18.5. The molecule has 0 saturated carbocycles. The van der Waals surface area contributed by atoms with E-state index in [0.29, 0.717) is 38.0 Å². The maximum Gasteiger partial charge on any atom is 0.434 e. The minimum absolute atomic E-state index is 0.128. The number of carbonyl (C=O) groups excluding carboxylic acids is 1. The van der Waals surface area contributed by atoms with Crippen LogP contribution in [0.15, 0.2) is 18.2 Å². The summed E-state index contributed by atoms with van der Waals surface area (Å²) < 4.78 is 79.8. The Kier molecular flexibility index (Phi) is 8.22. The number of carboxylic acid groups (broad SMARTS) is 1. The number of halogens is 6. The molecule has 2 saturated heterocycles. The third-order valence-corrected chi connectivity index (χ3v) is 6.24. The molecule has 0 aliphatic carbocycles. The summed E-state index contributed by atoms with van der Waals surface area (Å²) in [6.45, 7) is 1.43. The van der Waals surface area contributed by atoms with E-state index in [2.05, 4.69) is 10.8 Å². The minimum Gasteiger partial charge on any atom is -0.481 e. The Balaban J connectivity index is 1.63. The van der Waals surface area contributed by atoms with Gasteiger partial charge >= 0.3 is 24.4 Å². The van der Waals surface area contributed by atoms with Crippen LogP contribution in [-0.2, 0) is 16.1 Å². The van der Waals surface area contributed by atoms with Crippen LogP contribution in [0.5, 0.6) is 0 Å². The van der Waals surface area contributed by atoms with Gasteiger partial charge < -0.3 is 19.6 Å². The monoisotopic (exact) mass is 522 g/mol. The van der Waals surface area contributed by atoms with Crippen molar-refractivity contribution in [1.29, 1.82) is 5.26 Å². The van der Waals surface area contributed by atoms with Gasteiger partial charge in [0, 0.05) is 51.5 Å². The van der Waals surface area contributed by atoms with E-state index in [4.69, 9.17) is 0 Å². The highest BCUT2D eigenvalue weighted by atomic mass is 19.4. The number of hydrogen-bond donors (Lipinski definition) is 1. The second-order valence-corrected chi connectivity index (χ2v) is 8.67. The van der Waals surface area contributed by atoms with Gasteiger partial charge in [0.15, 0.2) is 0 Å². The van der Waals surface area contributed by atoms with E-state index in [-0.39, 0.29) is 26.2 Å². The zero-order valence-electron chi connectivity index (χ0n) is 19.0. The smallest absolute Gasteiger partial charge is 0.434 e. The van der Waals surface area contributed by atoms with Gasteiger partial charge in [0.1, 0.15) is 0 Å². The molecule has 0 radical (unpaired) electrons. The first-order valence-corrected chi connectivity index (χ1v) is 11.1. The molecule has 3 rings (SSSR count). The highest BCUT2D eigenvalue weighted by Gasteiger charge is 2.60. The molecule has 2 aliphatic heterocycles. The topological polar surface area (TPSA) is 97.1 Å². The number of amides is 1. The van der Waals surface area contributed by atoms with Crippen molar-refractivity contribution in [2.45, 2.75) is 37.8 Å². The average molecular weight is 522 g/mol. The Morgan fingerprint density at radius 2 is 1.61 bits per heavy atom. The normalized spacial score (nSPS) is 18.3. The standard InChI is InChI=1S/C22H24F6N4O4/c23-21(24,25)19(22(26,27)28)36-20(35)32-9-7-30(8-10-32)13-16-2-1-14(12-29)11-17(16)31-5-3-15(4-6-31)18(33)34/h1-2,11,15,19H,3-10,13H2,(H,33,34). The molecule has 0 atom stereocenters. The van der Waals surface area contributed by atoms with Gasteiger partial charge in [-0.2, -0.15) is 31.6 Å². The van der Waals surface area contributed by atoms with E-state index in [0.717, 1.165) is 16.2 Å². The van der Waals surface area contributed by atoms with Crippen molar-refractivity contribution in [3.63, 3.8) is 0 Å². The first-order chi connectivity index (χ1) is 16.8. The molecule has 2 fully saturated rings. The van der Waals surface area contributed by atoms with Crippen molar-refractivity contribution in [3.8, 4) is 6.07 Å². The molecule has 14 heteroatoms. The molecule has 8 nitrogen and oxygen atoms in total. The van der Waals surface area contributed by atoms with Crippen molar-refractivity contribution in [1.82, 2.24) is 9.80 Å². The largest absolute Gasteiger partial charge is 0.481 e. The first-order valence-electron chi connectivity index (χ1n) is 11.1. The molecule has 2 aliphatic rings. The summed E-state index contributed by atoms with van der Waals surface area (Å²) in [5.74, 6) is -1.29. The van der Waals surface area contributed by atoms with Crippen LogP contribution in [-0.4, -0.2) is 84.7 Å². The first kappa shape index (κ1) is 27.4. The van der Waals surface area contributed by atoms with Crippen molar-refractivity contribution < 1.29 is 45.8 Å². The molecular weight excluding hydrogens is 498 g/mol. The van der Waals surface area contributed by atoms with Gasteiger partial charge in [0.25, 0.3) is 6.10 Å². The van der Waals surface area contributed by atoms with Crippen LogP contribution in [0.3, 0.4) is 0 Å². The molecule has 0 unspecified atom stereocenters. The van der Waals surface area contributed by atoms with E-state index < -0.39 is 36.4 Å². The molecule has 1 aromatic rings. The molecule has 2 heterocycles. The third kappa shape index (κ3) is 6.71. The lowest BCUT2D eigenvalue weighted by atomic mass is 9.95. The Morgan fingerprint density at radius 3 is 2.11 bits per heavy atom. The maximum atomic E-state index is 12.7. The molecule has 1 amide bonds. The molecule has 198 valence electrons. The lowest BCUT2D eigenvalue weighted by Crippen LogP contribution is -2.52. The van der Waals surface area contributed by atoms with Gasteiger partial charge in [-0.05, 0) is 30.5 Å². The van der Waals surface area contributed by atoms with E-state index in [1.54, 1.807) is 18.2 Å². The number of carbonyl (C=O) groups is 2. The Bertz CT molecular complexity index is 980. The van der Waals surface area contributed by atoms with E-state index >= 15 is 0 Å². The summed E-state index contributed by atoms with van der Waals surface area (Å²) in [5.41, 5.74) is 2.01. The lowest BCUT2D eigenvalue weighted by molar-refractivity contribution is -0.308. The zero-order chi connectivity index (χ0) is 26.7. The minimum atomic E-state index is -5.78. The number of ether oxygens (including phenoxy) is 1. The van der Waals surface area contributed by atoms with Gasteiger partial charge in [-0.3, -0.25) is 9.69 Å². The van der Waals surface area contributed by atoms with Gasteiger partial charge in [0.2, 0.25) is 0 Å². The quantitative estimate of drug-likeness (QED) is 0.591. The number of hydrogen-bond acceptors (Lipinski definition) is 6. The van der Waals surface area contributed by atoms with Crippen LogP contribution in [0.25, 0.3) is 0 Å². The Labute approximate surface area is 202 Å². The average Bonchev–Trinajstić information content (AvgIpc) is 2.81. The SMILES string of the molecule is N#Cc1ccc(CN2CCN(C(=O)OC(C(F)(F)F)C(F)(F)F)CC2)c(N2CCC(C(=O)O)CC2)c1. The number of piperidine rings is 1. The number of nitriles is 1. The van der Waals surface area contributed by atoms with Crippen molar-refractivity contribution in [2.24, 2.45) is 5.92 Å². The highest BCUT2D eigenvalue weighted by molar-refractivity contribution is 5.70. The van der Waals surface area contributed by atoms with Crippen LogP contribution >= 0.6 is 0 Å². The van der Waals surface area contributed by atoms with Crippen LogP contribution in [0.2, 0.25) is 0 Å². The van der Waals surface area contributed by atoms with Crippen molar-refractivity contribution >= 4 is 17.7 Å². The number of piperazine rings is 1. The second-order valence-electron chi connectivity index (χ2n) is 8.67. The van der Waals surface area contributed by atoms with Crippen LogP contribution in [0.4, 0.5) is 36.8 Å². The number of alkyl halides is 6. The zero-order valence-corrected chi connectivity index (χ0v) is 19.0. The molecule has 1 N–H and O–H groups in total. The van der Waals surface area contributed by atoms with Gasteiger partial charge in [0.05, 0.1) is 17.6 Å². The number of nitrogens with zero attached hydrogens (tertiary/aromatic N) is 4. The summed E-state index contributed by atoms with van der Waals surface area (Å²) in [6.07, 6.45) is -16.5. The van der Waals surface area contributed by atoms with Crippen molar-refractivity contribution in [2.75, 3.05) is 44.2 Å². The summed E-state index contributed by atoms with van der Waals surface area (Å²) in [7, 11) is 0. The van der Waals surface area contributed by atoms with E-state index in [9.17, 15) is 46.3 Å². The number of benzene rings is 1. The fourth-order valence-corrected chi connectivity index (χ4v) is 4.25. The summed E-state index contributed by atoms with van der Waals surface area (Å²) >= 11 is 0. The van der Waals surface area contributed by atoms with Crippen molar-refractivity contribution in [3.05, 3.63) is 29.3 Å². The lowest BCUT2D eigenvalue weighted by Gasteiger charge is -2.37. The van der Waals surface area contributed by atoms with E-state index in [1.165, 1.54) is 0 Å². The number of aliphatic carboxylic acids is 1. The maximum absolute atomic E-state index is 12.7. The Morgan fingerprint density at radius 1 is 1.03 bits per heavy atom. The fourth-order valence-electron chi connectivity index (χ4n) is 4.25. The van der Waals surface area contributed by atoms with Crippen LogP contribution in [0.1, 0.15) is 24.0 Å². The fraction of sp³-hybridized carbons (Fsp3) is 0.591. The highest BCUT2D eigenvalue weighted by Crippen LogP contribution is 2.36. The predicted molar refractivity (Wildman–Crippen MR) is 113 cm³/mol. The summed E-state index contributed by atoms with van der Waals surface area (Å²) in [4.78, 5) is 27.9. The van der Waals surface area contributed by atoms with Gasteiger partial charge in [-0.15, -0.1) is 0 Å². The van der Waals surface area contributed by atoms with Crippen LogP contribution in [0, 0.1) is 17.2 Å². The third-order valence-electron chi connectivity index (χ3n) is 6.24. The predicted octanol–water partition coefficient (Wildman–Crippen LogP) is 3.61. The number of rotatable bonds is 5. The Hall–Kier alpha value is -3.21. The number of anilines is 1. The molecule has 36 heavy (non-hydrogen) atoms. The molecular formula is C22H24F6N4O4.